The standard InChI is InChI=1S/C21H26N4O4/c26-20(27)15-9-11-16(12-10-15)22-21(28)25-13-5-4-8-17(25)19-23-18(24-29-19)14-6-2-1-3-7-14/h1-3,6-7,15-17H,4-5,8-13H2,(H,22,28)(H,26,27). The van der Waals surface area contributed by atoms with Crippen molar-refractivity contribution in [1.82, 2.24) is 20.4 Å². The number of carbonyl (C=O) groups is 2. The van der Waals surface area contributed by atoms with Gasteiger partial charge in [0.15, 0.2) is 0 Å². The Morgan fingerprint density at radius 3 is 2.55 bits per heavy atom. The zero-order valence-corrected chi connectivity index (χ0v) is 16.3. The van der Waals surface area contributed by atoms with Crippen LogP contribution in [0, 0.1) is 5.92 Å². The van der Waals surface area contributed by atoms with E-state index in [9.17, 15) is 9.59 Å². The molecule has 1 aromatic carbocycles. The van der Waals surface area contributed by atoms with E-state index in [4.69, 9.17) is 9.63 Å². The van der Waals surface area contributed by atoms with Gasteiger partial charge in [-0.1, -0.05) is 35.5 Å². The number of piperidine rings is 1. The van der Waals surface area contributed by atoms with Gasteiger partial charge in [0.05, 0.1) is 5.92 Å². The number of aliphatic carboxylic acids is 1. The van der Waals surface area contributed by atoms with E-state index in [0.29, 0.717) is 43.9 Å². The molecule has 0 bridgehead atoms. The van der Waals surface area contributed by atoms with Crippen LogP contribution in [0.15, 0.2) is 34.9 Å². The Kier molecular flexibility index (Phi) is 5.78. The molecule has 2 aromatic rings. The highest BCUT2D eigenvalue weighted by Crippen LogP contribution is 2.32. The van der Waals surface area contributed by atoms with Gasteiger partial charge in [-0.05, 0) is 44.9 Å². The lowest BCUT2D eigenvalue weighted by atomic mass is 9.86. The lowest BCUT2D eigenvalue weighted by molar-refractivity contribution is -0.142. The molecule has 2 heterocycles. The predicted molar refractivity (Wildman–Crippen MR) is 105 cm³/mol. The van der Waals surface area contributed by atoms with Crippen molar-refractivity contribution < 1.29 is 19.2 Å². The van der Waals surface area contributed by atoms with Gasteiger partial charge in [-0.3, -0.25) is 4.79 Å². The predicted octanol–water partition coefficient (Wildman–Crippen LogP) is 3.62. The number of nitrogens with one attached hydrogen (secondary N) is 1. The SMILES string of the molecule is O=C(O)C1CCC(NC(=O)N2CCCCC2c2nc(-c3ccccc3)no2)CC1. The van der Waals surface area contributed by atoms with E-state index in [0.717, 1.165) is 24.8 Å². The van der Waals surface area contributed by atoms with E-state index < -0.39 is 5.97 Å². The van der Waals surface area contributed by atoms with Crippen LogP contribution in [0.4, 0.5) is 4.79 Å². The molecule has 0 radical (unpaired) electrons. The number of rotatable bonds is 4. The molecule has 29 heavy (non-hydrogen) atoms. The highest BCUT2D eigenvalue weighted by Gasteiger charge is 2.34. The minimum atomic E-state index is -0.739. The summed E-state index contributed by atoms with van der Waals surface area (Å²) < 4.78 is 5.52. The summed E-state index contributed by atoms with van der Waals surface area (Å²) in [7, 11) is 0. The van der Waals surface area contributed by atoms with Gasteiger partial charge in [-0.2, -0.15) is 4.98 Å². The molecule has 2 fully saturated rings. The molecule has 1 atom stereocenters. The number of likely N-dealkylation sites (tertiary alicyclic amines) is 1. The molecule has 2 aliphatic rings. The summed E-state index contributed by atoms with van der Waals surface area (Å²) >= 11 is 0. The Balaban J connectivity index is 1.42. The first-order valence-electron chi connectivity index (χ1n) is 10.3. The summed E-state index contributed by atoms with van der Waals surface area (Å²) in [6.45, 7) is 0.643. The van der Waals surface area contributed by atoms with Crippen molar-refractivity contribution in [1.29, 1.82) is 0 Å². The highest BCUT2D eigenvalue weighted by atomic mass is 16.5. The van der Waals surface area contributed by atoms with E-state index in [1.807, 2.05) is 30.3 Å². The van der Waals surface area contributed by atoms with Crippen LogP contribution in [-0.4, -0.2) is 44.7 Å². The summed E-state index contributed by atoms with van der Waals surface area (Å²) in [6, 6.07) is 9.28. The van der Waals surface area contributed by atoms with Gasteiger partial charge in [0.2, 0.25) is 11.7 Å². The maximum Gasteiger partial charge on any atom is 0.318 e. The van der Waals surface area contributed by atoms with Crippen LogP contribution in [0.2, 0.25) is 0 Å². The van der Waals surface area contributed by atoms with Gasteiger partial charge in [0.1, 0.15) is 6.04 Å². The van der Waals surface area contributed by atoms with Crippen LogP contribution >= 0.6 is 0 Å². The van der Waals surface area contributed by atoms with Gasteiger partial charge in [0.25, 0.3) is 0 Å². The molecule has 0 spiro atoms. The molecule has 8 nitrogen and oxygen atoms in total. The molecule has 154 valence electrons. The largest absolute Gasteiger partial charge is 0.481 e. The summed E-state index contributed by atoms with van der Waals surface area (Å²) in [4.78, 5) is 30.4. The average molecular weight is 398 g/mol. The maximum absolute atomic E-state index is 13.0. The average Bonchev–Trinajstić information content (AvgIpc) is 3.25. The molecule has 4 rings (SSSR count). The number of carboxylic acids is 1. The van der Waals surface area contributed by atoms with Crippen LogP contribution in [0.1, 0.15) is 56.9 Å². The van der Waals surface area contributed by atoms with E-state index >= 15 is 0 Å². The number of urea groups is 1. The van der Waals surface area contributed by atoms with Crippen LogP contribution in [-0.2, 0) is 4.79 Å². The molecule has 1 saturated carbocycles. The summed E-state index contributed by atoms with van der Waals surface area (Å²) in [5.74, 6) is -0.0380. The summed E-state index contributed by atoms with van der Waals surface area (Å²) in [6.07, 6.45) is 5.33. The minimum Gasteiger partial charge on any atom is -0.481 e. The molecule has 8 heteroatoms. The monoisotopic (exact) mass is 398 g/mol. The Hall–Kier alpha value is -2.90. The second-order valence-corrected chi connectivity index (χ2v) is 7.86. The third-order valence-electron chi connectivity index (χ3n) is 5.93. The van der Waals surface area contributed by atoms with Gasteiger partial charge >= 0.3 is 12.0 Å². The Morgan fingerprint density at radius 1 is 1.07 bits per heavy atom. The van der Waals surface area contributed by atoms with Crippen molar-refractivity contribution in [3.63, 3.8) is 0 Å². The van der Waals surface area contributed by atoms with Crippen molar-refractivity contribution in [2.45, 2.75) is 57.0 Å². The number of nitrogens with zero attached hydrogens (tertiary/aromatic N) is 3. The molecule has 1 aromatic heterocycles. The normalized spacial score (nSPS) is 24.8. The van der Waals surface area contributed by atoms with Crippen LogP contribution < -0.4 is 5.32 Å². The number of aromatic nitrogens is 2. The molecule has 1 aliphatic heterocycles. The van der Waals surface area contributed by atoms with Crippen molar-refractivity contribution in [2.24, 2.45) is 5.92 Å². The Labute approximate surface area is 169 Å². The molecule has 2 amide bonds. The van der Waals surface area contributed by atoms with Crippen LogP contribution in [0.25, 0.3) is 11.4 Å². The first-order valence-corrected chi connectivity index (χ1v) is 10.3. The third kappa shape index (κ3) is 4.41. The van der Waals surface area contributed by atoms with Crippen molar-refractivity contribution in [3.05, 3.63) is 36.2 Å². The zero-order chi connectivity index (χ0) is 20.2. The van der Waals surface area contributed by atoms with Crippen molar-refractivity contribution >= 4 is 12.0 Å². The van der Waals surface area contributed by atoms with E-state index in [1.165, 1.54) is 0 Å². The first-order chi connectivity index (χ1) is 14.1. The van der Waals surface area contributed by atoms with E-state index in [2.05, 4.69) is 15.5 Å². The topological polar surface area (TPSA) is 109 Å². The number of amides is 2. The zero-order valence-electron chi connectivity index (χ0n) is 16.3. The van der Waals surface area contributed by atoms with Gasteiger partial charge in [0, 0.05) is 18.2 Å². The smallest absolute Gasteiger partial charge is 0.318 e. The second-order valence-electron chi connectivity index (χ2n) is 7.86. The van der Waals surface area contributed by atoms with Gasteiger partial charge in [-0.25, -0.2) is 4.79 Å². The lowest BCUT2D eigenvalue weighted by Crippen LogP contribution is -2.49. The van der Waals surface area contributed by atoms with Crippen molar-refractivity contribution in [2.75, 3.05) is 6.54 Å². The molecular formula is C21H26N4O4. The summed E-state index contributed by atoms with van der Waals surface area (Å²) in [5.41, 5.74) is 0.879. The highest BCUT2D eigenvalue weighted by molar-refractivity contribution is 5.75. The first kappa shape index (κ1) is 19.4. The van der Waals surface area contributed by atoms with Crippen molar-refractivity contribution in [3.8, 4) is 11.4 Å². The molecule has 1 unspecified atom stereocenters. The van der Waals surface area contributed by atoms with E-state index in [-0.39, 0.29) is 24.0 Å². The quantitative estimate of drug-likeness (QED) is 0.814. The van der Waals surface area contributed by atoms with Crippen LogP contribution in [0.5, 0.6) is 0 Å². The maximum atomic E-state index is 13.0. The number of carbonyl (C=O) groups excluding carboxylic acids is 1. The fourth-order valence-corrected chi connectivity index (χ4v) is 4.25. The van der Waals surface area contributed by atoms with Gasteiger partial charge < -0.3 is 19.8 Å². The second kappa shape index (κ2) is 8.63. The lowest BCUT2D eigenvalue weighted by Gasteiger charge is -2.35. The number of benzene rings is 1. The summed E-state index contributed by atoms with van der Waals surface area (Å²) in [5, 5.41) is 16.3. The Morgan fingerprint density at radius 2 is 1.83 bits per heavy atom. The molecule has 2 N–H and O–H groups in total. The third-order valence-corrected chi connectivity index (χ3v) is 5.93. The fourth-order valence-electron chi connectivity index (χ4n) is 4.25. The number of hydrogen-bond donors (Lipinski definition) is 2. The van der Waals surface area contributed by atoms with E-state index in [1.54, 1.807) is 4.90 Å². The molecule has 1 aliphatic carbocycles. The minimum absolute atomic E-state index is 0.0169. The molecular weight excluding hydrogens is 372 g/mol. The number of carboxylic acid groups (broad SMARTS) is 1. The fraction of sp³-hybridized carbons (Fsp3) is 0.524. The van der Waals surface area contributed by atoms with Crippen LogP contribution in [0.3, 0.4) is 0 Å². The number of hydrogen-bond acceptors (Lipinski definition) is 5. The molecule has 1 saturated heterocycles. The Bertz CT molecular complexity index is 845. The van der Waals surface area contributed by atoms with Gasteiger partial charge in [-0.15, -0.1) is 0 Å².